The zero-order chi connectivity index (χ0) is 13.7. The molecule has 19 heavy (non-hydrogen) atoms. The summed E-state index contributed by atoms with van der Waals surface area (Å²) >= 11 is 0. The topological polar surface area (TPSA) is 34.1 Å². The molecule has 1 heterocycles. The van der Waals surface area contributed by atoms with Crippen LogP contribution in [0.5, 0.6) is 5.88 Å². The van der Waals surface area contributed by atoms with Crippen LogP contribution in [0.4, 0.5) is 14.5 Å². The second-order valence-electron chi connectivity index (χ2n) is 3.99. The van der Waals surface area contributed by atoms with Crippen molar-refractivity contribution in [3.05, 3.63) is 53.7 Å². The molecule has 5 heteroatoms. The Balaban J connectivity index is 1.94. The first kappa shape index (κ1) is 13.3. The van der Waals surface area contributed by atoms with Crippen LogP contribution in [0.2, 0.25) is 0 Å². The van der Waals surface area contributed by atoms with Crippen molar-refractivity contribution in [3.63, 3.8) is 0 Å². The number of rotatable bonds is 5. The molecule has 0 aliphatic heterocycles. The van der Waals surface area contributed by atoms with Crippen molar-refractivity contribution in [2.45, 2.75) is 13.0 Å². The fourth-order valence-electron chi connectivity index (χ4n) is 1.59. The Morgan fingerprint density at radius 3 is 2.42 bits per heavy atom. The van der Waals surface area contributed by atoms with Crippen LogP contribution in [0.3, 0.4) is 0 Å². The van der Waals surface area contributed by atoms with Crippen molar-refractivity contribution in [3.8, 4) is 5.88 Å². The average molecular weight is 264 g/mol. The van der Waals surface area contributed by atoms with E-state index in [1.807, 2.05) is 6.07 Å². The van der Waals surface area contributed by atoms with Crippen LogP contribution in [0.25, 0.3) is 0 Å². The normalized spacial score (nSPS) is 10.5. The number of hydrogen-bond donors (Lipinski definition) is 1. The van der Waals surface area contributed by atoms with Crippen LogP contribution in [0, 0.1) is 0 Å². The summed E-state index contributed by atoms with van der Waals surface area (Å²) < 4.78 is 29.7. The zero-order valence-electron chi connectivity index (χ0n) is 10.4. The van der Waals surface area contributed by atoms with Crippen LogP contribution >= 0.6 is 0 Å². The lowest BCUT2D eigenvalue weighted by molar-refractivity contribution is 0.151. The predicted octanol–water partition coefficient (Wildman–Crippen LogP) is 3.64. The monoisotopic (exact) mass is 264 g/mol. The highest BCUT2D eigenvalue weighted by Gasteiger charge is 2.05. The summed E-state index contributed by atoms with van der Waals surface area (Å²) in [4.78, 5) is 4.06. The van der Waals surface area contributed by atoms with Gasteiger partial charge in [0.1, 0.15) is 0 Å². The van der Waals surface area contributed by atoms with E-state index in [9.17, 15) is 8.78 Å². The second-order valence-corrected chi connectivity index (χ2v) is 3.99. The van der Waals surface area contributed by atoms with E-state index >= 15 is 0 Å². The number of methoxy groups -OCH3 is 1. The number of pyridine rings is 1. The maximum absolute atomic E-state index is 12.4. The van der Waals surface area contributed by atoms with Crippen LogP contribution in [-0.4, -0.2) is 12.1 Å². The first-order valence-electron chi connectivity index (χ1n) is 5.80. The summed E-state index contributed by atoms with van der Waals surface area (Å²) in [6.07, 6.45) is -0.764. The molecule has 2 aromatic rings. The van der Waals surface area contributed by atoms with Crippen LogP contribution < -0.4 is 10.1 Å². The minimum atomic E-state index is -2.42. The van der Waals surface area contributed by atoms with E-state index in [2.05, 4.69) is 10.3 Å². The predicted molar refractivity (Wildman–Crippen MR) is 69.5 cm³/mol. The minimum absolute atomic E-state index is 0.0369. The molecule has 2 rings (SSSR count). The van der Waals surface area contributed by atoms with Crippen LogP contribution in [0.1, 0.15) is 17.6 Å². The Kier molecular flexibility index (Phi) is 4.28. The summed E-state index contributed by atoms with van der Waals surface area (Å²) in [6, 6.07) is 9.85. The lowest BCUT2D eigenvalue weighted by atomic mass is 10.1. The van der Waals surface area contributed by atoms with E-state index in [0.29, 0.717) is 12.4 Å². The maximum atomic E-state index is 12.4. The van der Waals surface area contributed by atoms with Crippen molar-refractivity contribution in [2.75, 3.05) is 12.4 Å². The molecule has 100 valence electrons. The van der Waals surface area contributed by atoms with Gasteiger partial charge in [-0.3, -0.25) is 0 Å². The molecular weight excluding hydrogens is 250 g/mol. The van der Waals surface area contributed by atoms with Gasteiger partial charge in [0, 0.05) is 18.2 Å². The number of nitrogens with one attached hydrogen (secondary N) is 1. The van der Waals surface area contributed by atoms with Gasteiger partial charge in [-0.1, -0.05) is 24.3 Å². The number of anilines is 1. The van der Waals surface area contributed by atoms with E-state index in [1.165, 1.54) is 12.1 Å². The molecule has 1 N–H and O–H groups in total. The molecule has 0 spiro atoms. The molecule has 0 fully saturated rings. The van der Waals surface area contributed by atoms with Crippen LogP contribution in [0.15, 0.2) is 42.6 Å². The van der Waals surface area contributed by atoms with E-state index in [4.69, 9.17) is 4.74 Å². The molecule has 0 aliphatic carbocycles. The Bertz CT molecular complexity index is 512. The molecule has 1 aromatic carbocycles. The van der Waals surface area contributed by atoms with Gasteiger partial charge in [-0.05, 0) is 11.6 Å². The van der Waals surface area contributed by atoms with E-state index < -0.39 is 6.43 Å². The number of alkyl halides is 2. The SMILES string of the molecule is COc1ccc(NCc2ccc(C(F)F)cc2)cn1. The Hall–Kier alpha value is -2.17. The van der Waals surface area contributed by atoms with Gasteiger partial charge in [-0.15, -0.1) is 0 Å². The quantitative estimate of drug-likeness (QED) is 0.895. The summed E-state index contributed by atoms with van der Waals surface area (Å²) in [5, 5.41) is 3.16. The Morgan fingerprint density at radius 2 is 1.89 bits per heavy atom. The zero-order valence-corrected chi connectivity index (χ0v) is 10.4. The molecule has 0 aliphatic rings. The van der Waals surface area contributed by atoms with Crippen molar-refractivity contribution in [1.82, 2.24) is 4.98 Å². The molecule has 0 radical (unpaired) electrons. The molecule has 1 aromatic heterocycles. The average Bonchev–Trinajstić information content (AvgIpc) is 2.46. The third-order valence-corrected chi connectivity index (χ3v) is 2.67. The number of benzene rings is 1. The summed E-state index contributed by atoms with van der Waals surface area (Å²) in [5.74, 6) is 0.548. The smallest absolute Gasteiger partial charge is 0.263 e. The highest BCUT2D eigenvalue weighted by atomic mass is 19.3. The lowest BCUT2D eigenvalue weighted by Crippen LogP contribution is -2.00. The summed E-state index contributed by atoms with van der Waals surface area (Å²) in [5.41, 5.74) is 1.81. The fourth-order valence-corrected chi connectivity index (χ4v) is 1.59. The molecule has 0 saturated heterocycles. The standard InChI is InChI=1S/C14H14F2N2O/c1-19-13-7-6-12(9-18-13)17-8-10-2-4-11(5-3-10)14(15)16/h2-7,9,14,17H,8H2,1H3. The van der Waals surface area contributed by atoms with Gasteiger partial charge in [0.05, 0.1) is 19.0 Å². The number of hydrogen-bond acceptors (Lipinski definition) is 3. The summed E-state index contributed by atoms with van der Waals surface area (Å²) in [6.45, 7) is 0.553. The third-order valence-electron chi connectivity index (χ3n) is 2.67. The van der Waals surface area contributed by atoms with Crippen molar-refractivity contribution in [1.29, 1.82) is 0 Å². The van der Waals surface area contributed by atoms with Gasteiger partial charge in [0.25, 0.3) is 6.43 Å². The highest BCUT2D eigenvalue weighted by molar-refractivity contribution is 5.42. The van der Waals surface area contributed by atoms with Gasteiger partial charge in [-0.2, -0.15) is 0 Å². The summed E-state index contributed by atoms with van der Waals surface area (Å²) in [7, 11) is 1.56. The molecule has 0 unspecified atom stereocenters. The van der Waals surface area contributed by atoms with E-state index in [-0.39, 0.29) is 5.56 Å². The molecule has 0 bridgehead atoms. The van der Waals surface area contributed by atoms with Gasteiger partial charge in [0.2, 0.25) is 5.88 Å². The second kappa shape index (κ2) is 6.13. The Morgan fingerprint density at radius 1 is 1.16 bits per heavy atom. The van der Waals surface area contributed by atoms with Crippen molar-refractivity contribution in [2.24, 2.45) is 0 Å². The van der Waals surface area contributed by atoms with Gasteiger partial charge in [-0.25, -0.2) is 13.8 Å². The third kappa shape index (κ3) is 3.64. The van der Waals surface area contributed by atoms with Gasteiger partial charge in [0.15, 0.2) is 0 Å². The molecule has 0 amide bonds. The number of halogens is 2. The van der Waals surface area contributed by atoms with E-state index in [1.54, 1.807) is 31.5 Å². The van der Waals surface area contributed by atoms with Crippen LogP contribution in [-0.2, 0) is 6.54 Å². The van der Waals surface area contributed by atoms with Crippen molar-refractivity contribution < 1.29 is 13.5 Å². The fraction of sp³-hybridized carbons (Fsp3) is 0.214. The molecule has 0 saturated carbocycles. The number of ether oxygens (including phenoxy) is 1. The first-order valence-corrected chi connectivity index (χ1v) is 5.80. The molecular formula is C14H14F2N2O. The Labute approximate surface area is 110 Å². The molecule has 0 atom stereocenters. The van der Waals surface area contributed by atoms with Gasteiger partial charge >= 0.3 is 0 Å². The maximum Gasteiger partial charge on any atom is 0.263 e. The minimum Gasteiger partial charge on any atom is -0.481 e. The molecule has 3 nitrogen and oxygen atoms in total. The highest BCUT2D eigenvalue weighted by Crippen LogP contribution is 2.19. The van der Waals surface area contributed by atoms with Crippen molar-refractivity contribution >= 4 is 5.69 Å². The number of nitrogens with zero attached hydrogens (tertiary/aromatic N) is 1. The first-order chi connectivity index (χ1) is 9.19. The largest absolute Gasteiger partial charge is 0.481 e. The van der Waals surface area contributed by atoms with E-state index in [0.717, 1.165) is 11.3 Å². The number of aromatic nitrogens is 1. The lowest BCUT2D eigenvalue weighted by Gasteiger charge is -2.07. The van der Waals surface area contributed by atoms with Gasteiger partial charge < -0.3 is 10.1 Å².